The topological polar surface area (TPSA) is 73.7 Å². The van der Waals surface area contributed by atoms with Crippen molar-refractivity contribution >= 4 is 0 Å². The fourth-order valence-electron chi connectivity index (χ4n) is 4.13. The van der Waals surface area contributed by atoms with Gasteiger partial charge in [0.1, 0.15) is 11.5 Å². The molecule has 0 heterocycles. The average molecular weight is 640 g/mol. The number of phenolic OH excluding ortho intramolecular Hbond substituents is 2. The van der Waals surface area contributed by atoms with Gasteiger partial charge in [0.05, 0.1) is 0 Å². The van der Waals surface area contributed by atoms with E-state index in [1.165, 1.54) is 0 Å². The van der Waals surface area contributed by atoms with Gasteiger partial charge in [-0.05, 0) is 71.2 Å². The number of hydrogen-bond donors (Lipinski definition) is 3. The first kappa shape index (κ1) is 42.6. The van der Waals surface area contributed by atoms with Crippen LogP contribution in [0.25, 0.3) is 0 Å². The maximum absolute atomic E-state index is 10.4. The molecule has 0 unspecified atom stereocenters. The number of para-hydroxylation sites is 2. The Labute approximate surface area is 271 Å². The monoisotopic (exact) mass is 638 g/mol. The maximum atomic E-state index is 10.4. The van der Waals surface area contributed by atoms with Crippen LogP contribution in [0.4, 0.5) is 0 Å². The summed E-state index contributed by atoms with van der Waals surface area (Å²) in [5.41, 5.74) is 4.00. The zero-order chi connectivity index (χ0) is 32.0. The van der Waals surface area contributed by atoms with Gasteiger partial charge in [-0.1, -0.05) is 77.9 Å². The second kappa shape index (κ2) is 20.4. The molecule has 8 heteroatoms. The summed E-state index contributed by atoms with van der Waals surface area (Å²) in [6, 6.07) is 12.1. The molecule has 0 aromatic heterocycles. The zero-order valence-electron chi connectivity index (χ0n) is 29.3. The number of rotatable bonds is 10. The maximum Gasteiger partial charge on any atom is 0.123 e. The molecule has 2 rings (SSSR count). The van der Waals surface area contributed by atoms with E-state index in [1.54, 1.807) is 6.92 Å². The smallest absolute Gasteiger partial charge is 0.123 e. The van der Waals surface area contributed by atoms with Crippen molar-refractivity contribution in [1.29, 1.82) is 0 Å². The van der Waals surface area contributed by atoms with Crippen molar-refractivity contribution in [3.05, 3.63) is 58.7 Å². The number of benzene rings is 2. The van der Waals surface area contributed by atoms with Gasteiger partial charge in [0.15, 0.2) is 0 Å². The zero-order valence-corrected chi connectivity index (χ0v) is 32.2. The minimum absolute atomic E-state index is 0. The fraction of sp³-hybridized carbons (Fsp3) is 0.647. The summed E-state index contributed by atoms with van der Waals surface area (Å²) >= 11 is 0. The fourth-order valence-corrected chi connectivity index (χ4v) is 4.13. The number of hydrogen-bond acceptors (Lipinski definition) is 7. The number of aromatic hydroxyl groups is 2. The first-order valence-corrected chi connectivity index (χ1v) is 14.7. The standard InChI is InChI=1S/2C16H28N2O.C2H6O.Zn/c2*1-16(2,3)14-9-7-8-13(15(14)19)12-18(6)11-10-17(4)5;1-2-3;/h2*7-9,19H,10-12H2,1-6H3;3H,2H2,1H3;. The second-order valence-electron chi connectivity index (χ2n) is 13.5. The molecule has 2 aromatic carbocycles. The molecule has 0 fully saturated rings. The Bertz CT molecular complexity index is 922. The van der Waals surface area contributed by atoms with Gasteiger partial charge in [-0.25, -0.2) is 0 Å². The quantitative estimate of drug-likeness (QED) is 0.302. The average Bonchev–Trinajstić information content (AvgIpc) is 2.83. The van der Waals surface area contributed by atoms with Gasteiger partial charge in [-0.15, -0.1) is 0 Å². The van der Waals surface area contributed by atoms with Gasteiger partial charge in [-0.2, -0.15) is 0 Å². The molecule has 7 nitrogen and oxygen atoms in total. The van der Waals surface area contributed by atoms with E-state index in [-0.39, 0.29) is 36.9 Å². The minimum Gasteiger partial charge on any atom is -0.507 e. The third-order valence-electron chi connectivity index (χ3n) is 6.59. The molecule has 0 aliphatic rings. The van der Waals surface area contributed by atoms with E-state index in [0.29, 0.717) is 11.5 Å². The molecular formula is C34H62N4O3Zn. The Morgan fingerprint density at radius 1 is 0.571 bits per heavy atom. The van der Waals surface area contributed by atoms with Crippen LogP contribution >= 0.6 is 0 Å². The van der Waals surface area contributed by atoms with Gasteiger partial charge >= 0.3 is 0 Å². The summed E-state index contributed by atoms with van der Waals surface area (Å²) in [7, 11) is 12.5. The first-order chi connectivity index (χ1) is 18.8. The molecule has 0 saturated heterocycles. The number of phenols is 2. The third kappa shape index (κ3) is 16.9. The van der Waals surface area contributed by atoms with E-state index in [1.807, 2.05) is 36.4 Å². The minimum atomic E-state index is -0.0255. The Balaban J connectivity index is 0. The predicted octanol–water partition coefficient (Wildman–Crippen LogP) is 5.36. The number of aliphatic hydroxyl groups excluding tert-OH is 1. The Morgan fingerprint density at radius 2 is 0.857 bits per heavy atom. The van der Waals surface area contributed by atoms with E-state index in [4.69, 9.17) is 5.11 Å². The van der Waals surface area contributed by atoms with Crippen LogP contribution in [0.15, 0.2) is 36.4 Å². The molecule has 238 valence electrons. The van der Waals surface area contributed by atoms with Crippen molar-refractivity contribution in [2.45, 2.75) is 72.4 Å². The van der Waals surface area contributed by atoms with Crippen LogP contribution in [-0.4, -0.2) is 110 Å². The van der Waals surface area contributed by atoms with Gasteiger partial charge in [-0.3, -0.25) is 0 Å². The summed E-state index contributed by atoms with van der Waals surface area (Å²) in [5.74, 6) is 0.901. The molecule has 0 aliphatic heterocycles. The van der Waals surface area contributed by atoms with Crippen LogP contribution in [0.5, 0.6) is 11.5 Å². The summed E-state index contributed by atoms with van der Waals surface area (Å²) in [4.78, 5) is 8.81. The van der Waals surface area contributed by atoms with Crippen LogP contribution in [0.3, 0.4) is 0 Å². The predicted molar refractivity (Wildman–Crippen MR) is 176 cm³/mol. The van der Waals surface area contributed by atoms with E-state index in [9.17, 15) is 10.2 Å². The van der Waals surface area contributed by atoms with Crippen LogP contribution in [0.2, 0.25) is 0 Å². The Morgan fingerprint density at radius 3 is 1.10 bits per heavy atom. The van der Waals surface area contributed by atoms with Crippen LogP contribution in [-0.2, 0) is 43.4 Å². The Hall–Kier alpha value is -1.54. The van der Waals surface area contributed by atoms with E-state index >= 15 is 0 Å². The van der Waals surface area contributed by atoms with Gasteiger partial charge < -0.3 is 34.9 Å². The summed E-state index contributed by atoms with van der Waals surface area (Å²) in [5, 5.41) is 28.4. The summed E-state index contributed by atoms with van der Waals surface area (Å²) < 4.78 is 0. The SMILES string of the molecule is CCO.CN(C)CCN(C)Cc1cccc(C(C)(C)C)c1O.CN(C)CCN(C)Cc1cccc(C(C)(C)C)c1O.[Zn]. The van der Waals surface area contributed by atoms with Crippen molar-refractivity contribution in [2.75, 3.05) is 75.1 Å². The van der Waals surface area contributed by atoms with Crippen molar-refractivity contribution in [1.82, 2.24) is 19.6 Å². The molecular weight excluding hydrogens is 578 g/mol. The third-order valence-corrected chi connectivity index (χ3v) is 6.59. The van der Waals surface area contributed by atoms with E-state index in [0.717, 1.165) is 61.5 Å². The van der Waals surface area contributed by atoms with Crippen LogP contribution < -0.4 is 0 Å². The summed E-state index contributed by atoms with van der Waals surface area (Å²) in [6.07, 6.45) is 0. The molecule has 0 atom stereocenters. The van der Waals surface area contributed by atoms with Gasteiger partial charge in [0.2, 0.25) is 0 Å². The molecule has 0 aliphatic carbocycles. The summed E-state index contributed by atoms with van der Waals surface area (Å²) in [6.45, 7) is 20.3. The van der Waals surface area contributed by atoms with Gasteiger partial charge in [0.25, 0.3) is 0 Å². The van der Waals surface area contributed by atoms with E-state index in [2.05, 4.69) is 103 Å². The molecule has 0 saturated carbocycles. The first-order valence-electron chi connectivity index (χ1n) is 14.7. The molecule has 3 N–H and O–H groups in total. The van der Waals surface area contributed by atoms with Gasteiger partial charge in [0, 0.05) is 76.5 Å². The van der Waals surface area contributed by atoms with Crippen molar-refractivity contribution in [3.8, 4) is 11.5 Å². The van der Waals surface area contributed by atoms with Crippen LogP contribution in [0.1, 0.15) is 70.7 Å². The van der Waals surface area contributed by atoms with Crippen LogP contribution in [0, 0.1) is 0 Å². The molecule has 2 aromatic rings. The number of nitrogens with zero attached hydrogens (tertiary/aromatic N) is 4. The van der Waals surface area contributed by atoms with Crippen molar-refractivity contribution in [3.63, 3.8) is 0 Å². The molecule has 0 bridgehead atoms. The molecule has 42 heavy (non-hydrogen) atoms. The number of likely N-dealkylation sites (N-methyl/N-ethyl adjacent to an activating group) is 4. The van der Waals surface area contributed by atoms with Crippen molar-refractivity contribution < 1.29 is 34.8 Å². The molecule has 0 spiro atoms. The molecule has 0 radical (unpaired) electrons. The van der Waals surface area contributed by atoms with E-state index < -0.39 is 0 Å². The van der Waals surface area contributed by atoms with Crippen molar-refractivity contribution in [2.24, 2.45) is 0 Å². The normalized spacial score (nSPS) is 11.7. The second-order valence-corrected chi connectivity index (χ2v) is 13.5. The Kier molecular flexibility index (Phi) is 20.7. The largest absolute Gasteiger partial charge is 0.507 e. The molecule has 0 amide bonds. The number of aliphatic hydroxyl groups is 1.